The molecular weight excluding hydrogens is 478 g/mol. The molecule has 0 unspecified atom stereocenters. The maximum absolute atomic E-state index is 15.2. The van der Waals surface area contributed by atoms with Gasteiger partial charge in [-0.3, -0.25) is 0 Å². The molecule has 0 aliphatic carbocycles. The van der Waals surface area contributed by atoms with Crippen molar-refractivity contribution in [2.24, 2.45) is 0 Å². The smallest absolute Gasteiger partial charge is 0.489 e. The second-order valence-electron chi connectivity index (χ2n) is 7.57. The molecule has 6 nitrogen and oxygen atoms in total. The van der Waals surface area contributed by atoms with Crippen LogP contribution >= 0.6 is 11.6 Å². The summed E-state index contributed by atoms with van der Waals surface area (Å²) in [6.45, 7) is 3.78. The number of para-hydroxylation sites is 1. The quantitative estimate of drug-likeness (QED) is 0.470. The van der Waals surface area contributed by atoms with Gasteiger partial charge in [0.2, 0.25) is 5.95 Å². The largest absolute Gasteiger partial charge is 0.490 e. The minimum Gasteiger partial charge on any atom is -0.489 e. The second kappa shape index (κ2) is 10.9. The van der Waals surface area contributed by atoms with Crippen LogP contribution in [0, 0.1) is 12.9 Å². The zero-order valence-corrected chi connectivity index (χ0v) is 18.8. The molecule has 1 fully saturated rings. The summed E-state index contributed by atoms with van der Waals surface area (Å²) in [6.07, 6.45) is -1.60. The van der Waals surface area contributed by atoms with Crippen LogP contribution in [0.25, 0.3) is 16.8 Å². The molecule has 34 heavy (non-hydrogen) atoms. The number of halogens is 5. The van der Waals surface area contributed by atoms with Crippen LogP contribution in [-0.2, 0) is 4.79 Å². The summed E-state index contributed by atoms with van der Waals surface area (Å²) in [7, 11) is 0. The van der Waals surface area contributed by atoms with Gasteiger partial charge in [-0.05, 0) is 62.7 Å². The number of benzene rings is 2. The van der Waals surface area contributed by atoms with Crippen LogP contribution in [0.15, 0.2) is 48.7 Å². The number of rotatable bonds is 4. The van der Waals surface area contributed by atoms with Gasteiger partial charge in [-0.15, -0.1) is 0 Å². The summed E-state index contributed by atoms with van der Waals surface area (Å²) in [6, 6.07) is 12.8. The molecule has 1 saturated heterocycles. The number of carboxylic acid groups (broad SMARTS) is 1. The highest BCUT2D eigenvalue weighted by molar-refractivity contribution is 6.31. The van der Waals surface area contributed by atoms with Crippen molar-refractivity contribution in [1.82, 2.24) is 15.1 Å². The number of hydrogen-bond acceptors (Lipinski definition) is 4. The molecule has 11 heteroatoms. The van der Waals surface area contributed by atoms with Crippen molar-refractivity contribution >= 4 is 17.6 Å². The van der Waals surface area contributed by atoms with E-state index in [4.69, 9.17) is 26.2 Å². The van der Waals surface area contributed by atoms with Gasteiger partial charge in [0.15, 0.2) is 0 Å². The van der Waals surface area contributed by atoms with Crippen LogP contribution in [0.3, 0.4) is 0 Å². The molecule has 1 aliphatic heterocycles. The Morgan fingerprint density at radius 1 is 1.18 bits per heavy atom. The number of hydrogen-bond donors (Lipinski definition) is 2. The van der Waals surface area contributed by atoms with E-state index in [1.807, 2.05) is 43.3 Å². The van der Waals surface area contributed by atoms with Crippen LogP contribution < -0.4 is 10.1 Å². The van der Waals surface area contributed by atoms with Gasteiger partial charge >= 0.3 is 12.1 Å². The van der Waals surface area contributed by atoms with Gasteiger partial charge in [0, 0.05) is 10.6 Å². The SMILES string of the molecule is Cc1cc(Cl)cc(-c2cnn(-c3ccccc3)c2F)c1OC1CCNCC1.O=C(O)C(F)(F)F. The molecule has 0 radical (unpaired) electrons. The fraction of sp³-hybridized carbons (Fsp3) is 0.304. The van der Waals surface area contributed by atoms with Crippen LogP contribution in [0.5, 0.6) is 5.75 Å². The van der Waals surface area contributed by atoms with Crippen molar-refractivity contribution in [2.75, 3.05) is 13.1 Å². The van der Waals surface area contributed by atoms with Crippen LogP contribution in [0.2, 0.25) is 5.02 Å². The molecule has 182 valence electrons. The summed E-state index contributed by atoms with van der Waals surface area (Å²) in [4.78, 5) is 8.90. The normalized spacial score (nSPS) is 14.3. The Bertz CT molecular complexity index is 1130. The van der Waals surface area contributed by atoms with E-state index in [1.54, 1.807) is 6.07 Å². The Morgan fingerprint density at radius 3 is 2.38 bits per heavy atom. The third-order valence-electron chi connectivity index (χ3n) is 5.05. The average Bonchev–Trinajstić information content (AvgIpc) is 3.17. The highest BCUT2D eigenvalue weighted by Crippen LogP contribution is 2.38. The molecule has 2 N–H and O–H groups in total. The Balaban J connectivity index is 0.000000406. The number of piperidine rings is 1. The third kappa shape index (κ3) is 6.27. The summed E-state index contributed by atoms with van der Waals surface area (Å²) < 4.78 is 54.5. The van der Waals surface area contributed by atoms with E-state index in [-0.39, 0.29) is 6.10 Å². The molecule has 0 atom stereocenters. The second-order valence-corrected chi connectivity index (χ2v) is 8.00. The fourth-order valence-electron chi connectivity index (χ4n) is 3.43. The highest BCUT2D eigenvalue weighted by Gasteiger charge is 2.38. The van der Waals surface area contributed by atoms with Crippen molar-refractivity contribution in [3.63, 3.8) is 0 Å². The summed E-state index contributed by atoms with van der Waals surface area (Å²) >= 11 is 6.28. The zero-order chi connectivity index (χ0) is 24.9. The number of ether oxygens (including phenoxy) is 1. The standard InChI is InChI=1S/C21H21ClFN3O.C2HF3O2/c1-14-11-15(22)12-18(20(14)27-17-7-9-24-10-8-17)19-13-25-26(21(19)23)16-5-3-2-4-6-16;3-2(4,5)1(6)7/h2-6,11-13,17,24H,7-10H2,1H3;(H,6,7). The lowest BCUT2D eigenvalue weighted by Gasteiger charge is -2.26. The molecule has 0 amide bonds. The molecule has 0 bridgehead atoms. The number of carbonyl (C=O) groups is 1. The van der Waals surface area contributed by atoms with Gasteiger partial charge in [-0.25, -0.2) is 9.48 Å². The predicted octanol–water partition coefficient (Wildman–Crippen LogP) is 5.40. The van der Waals surface area contributed by atoms with Crippen molar-refractivity contribution in [3.8, 4) is 22.6 Å². The van der Waals surface area contributed by atoms with Crippen LogP contribution in [0.4, 0.5) is 17.6 Å². The molecule has 1 aromatic heterocycles. The molecule has 0 saturated carbocycles. The Morgan fingerprint density at radius 2 is 1.79 bits per heavy atom. The van der Waals surface area contributed by atoms with E-state index in [9.17, 15) is 13.2 Å². The van der Waals surface area contributed by atoms with Gasteiger partial charge in [0.25, 0.3) is 0 Å². The lowest BCUT2D eigenvalue weighted by Crippen LogP contribution is -2.34. The first-order valence-electron chi connectivity index (χ1n) is 10.3. The number of aromatic nitrogens is 2. The summed E-state index contributed by atoms with van der Waals surface area (Å²) in [5.74, 6) is -2.51. The van der Waals surface area contributed by atoms with E-state index in [1.165, 1.54) is 10.9 Å². The van der Waals surface area contributed by atoms with Gasteiger partial charge in [-0.2, -0.15) is 22.7 Å². The van der Waals surface area contributed by atoms with Crippen LogP contribution in [-0.4, -0.2) is 46.2 Å². The number of aliphatic carboxylic acids is 1. The minimum absolute atomic E-state index is 0.108. The topological polar surface area (TPSA) is 76.4 Å². The number of nitrogens with zero attached hydrogens (tertiary/aromatic N) is 2. The van der Waals surface area contributed by atoms with E-state index in [0.29, 0.717) is 27.6 Å². The maximum Gasteiger partial charge on any atom is 0.490 e. The van der Waals surface area contributed by atoms with E-state index < -0.39 is 18.1 Å². The lowest BCUT2D eigenvalue weighted by atomic mass is 10.0. The van der Waals surface area contributed by atoms with E-state index in [2.05, 4.69) is 10.4 Å². The summed E-state index contributed by atoms with van der Waals surface area (Å²) in [5, 5.41) is 15.2. The van der Waals surface area contributed by atoms with Gasteiger partial charge in [-0.1, -0.05) is 29.8 Å². The van der Waals surface area contributed by atoms with Crippen molar-refractivity contribution in [2.45, 2.75) is 32.0 Å². The van der Waals surface area contributed by atoms with Crippen LogP contribution in [0.1, 0.15) is 18.4 Å². The minimum atomic E-state index is -5.08. The highest BCUT2D eigenvalue weighted by atomic mass is 35.5. The third-order valence-corrected chi connectivity index (χ3v) is 5.27. The monoisotopic (exact) mass is 499 g/mol. The fourth-order valence-corrected chi connectivity index (χ4v) is 3.70. The first-order chi connectivity index (χ1) is 16.1. The maximum atomic E-state index is 15.2. The first kappa shape index (κ1) is 25.5. The molecule has 2 heterocycles. The van der Waals surface area contributed by atoms with Crippen molar-refractivity contribution in [1.29, 1.82) is 0 Å². The van der Waals surface area contributed by atoms with Gasteiger partial charge < -0.3 is 15.2 Å². The molecule has 2 aromatic carbocycles. The lowest BCUT2D eigenvalue weighted by molar-refractivity contribution is -0.192. The van der Waals surface area contributed by atoms with Gasteiger partial charge in [0.05, 0.1) is 17.4 Å². The summed E-state index contributed by atoms with van der Waals surface area (Å²) in [5.41, 5.74) is 2.58. The average molecular weight is 500 g/mol. The Hall–Kier alpha value is -3.11. The molecule has 3 aromatic rings. The first-order valence-corrected chi connectivity index (χ1v) is 10.7. The number of aryl methyl sites for hydroxylation is 1. The van der Waals surface area contributed by atoms with Gasteiger partial charge in [0.1, 0.15) is 11.9 Å². The molecular formula is C23H22ClF4N3O3. The molecule has 1 aliphatic rings. The van der Waals surface area contributed by atoms with E-state index in [0.717, 1.165) is 31.5 Å². The van der Waals surface area contributed by atoms with Crippen molar-refractivity contribution in [3.05, 3.63) is 65.2 Å². The molecule has 0 spiro atoms. The number of alkyl halides is 3. The zero-order valence-electron chi connectivity index (χ0n) is 18.1. The number of nitrogens with one attached hydrogen (secondary N) is 1. The molecule has 4 rings (SSSR count). The Kier molecular flexibility index (Phi) is 8.16. The van der Waals surface area contributed by atoms with E-state index >= 15 is 4.39 Å². The Labute approximate surface area is 198 Å². The predicted molar refractivity (Wildman–Crippen MR) is 119 cm³/mol. The number of carboxylic acids is 1. The van der Waals surface area contributed by atoms with Crippen molar-refractivity contribution < 1.29 is 32.2 Å².